The number of H-pyrrole nitrogens is 1. The van der Waals surface area contributed by atoms with Crippen LogP contribution in [0.4, 0.5) is 13.2 Å². The van der Waals surface area contributed by atoms with E-state index < -0.39 is 30.1 Å². The van der Waals surface area contributed by atoms with Gasteiger partial charge in [-0.25, -0.2) is 0 Å². The summed E-state index contributed by atoms with van der Waals surface area (Å²) in [7, 11) is 0. The highest BCUT2D eigenvalue weighted by molar-refractivity contribution is 5.98. The number of carbonyl (C=O) groups is 2. The molecule has 3 aromatic rings. The van der Waals surface area contributed by atoms with Gasteiger partial charge in [-0.2, -0.15) is 13.2 Å². The van der Waals surface area contributed by atoms with E-state index in [0.29, 0.717) is 12.8 Å². The molecule has 28 heavy (non-hydrogen) atoms. The summed E-state index contributed by atoms with van der Waals surface area (Å²) in [5, 5.41) is 1.09. The normalized spacial score (nSPS) is 11.5. The van der Waals surface area contributed by atoms with Gasteiger partial charge in [0.1, 0.15) is 0 Å². The lowest BCUT2D eigenvalue weighted by atomic mass is 10.1. The molecule has 1 aromatic heterocycles. The van der Waals surface area contributed by atoms with Crippen LogP contribution in [-0.2, 0) is 22.1 Å². The maximum atomic E-state index is 12.7. The van der Waals surface area contributed by atoms with E-state index in [1.165, 1.54) is 6.07 Å². The second kappa shape index (κ2) is 8.29. The number of benzene rings is 2. The molecule has 0 saturated carbocycles. The molecule has 0 aliphatic rings. The minimum absolute atomic E-state index is 0.120. The molecule has 0 saturated heterocycles. The van der Waals surface area contributed by atoms with Crippen molar-refractivity contribution in [2.24, 2.45) is 0 Å². The zero-order chi connectivity index (χ0) is 20.1. The summed E-state index contributed by atoms with van der Waals surface area (Å²) in [4.78, 5) is 27.0. The molecule has 0 radical (unpaired) electrons. The molecule has 4 nitrogen and oxygen atoms in total. The van der Waals surface area contributed by atoms with Crippen molar-refractivity contribution in [2.45, 2.75) is 25.4 Å². The van der Waals surface area contributed by atoms with Crippen molar-refractivity contribution in [1.29, 1.82) is 0 Å². The average molecular weight is 389 g/mol. The number of Topliss-reactive ketones (excluding diaryl/α,β-unsaturated/α-hetero) is 1. The van der Waals surface area contributed by atoms with Gasteiger partial charge in [0.05, 0.1) is 5.56 Å². The molecule has 1 heterocycles. The Morgan fingerprint density at radius 2 is 1.82 bits per heavy atom. The molecule has 0 spiro atoms. The quantitative estimate of drug-likeness (QED) is 0.460. The summed E-state index contributed by atoms with van der Waals surface area (Å²) in [5.74, 6) is -1.23. The van der Waals surface area contributed by atoms with Crippen LogP contribution in [0.3, 0.4) is 0 Å². The topological polar surface area (TPSA) is 59.2 Å². The molecule has 1 N–H and O–H groups in total. The number of carbonyl (C=O) groups excluding carboxylic acids is 2. The van der Waals surface area contributed by atoms with Gasteiger partial charge in [0.15, 0.2) is 12.4 Å². The number of aromatic amines is 1. The lowest BCUT2D eigenvalue weighted by Crippen LogP contribution is -2.15. The molecule has 7 heteroatoms. The first kappa shape index (κ1) is 19.7. The van der Waals surface area contributed by atoms with Crippen LogP contribution in [-0.4, -0.2) is 23.3 Å². The predicted octanol–water partition coefficient (Wildman–Crippen LogP) is 4.94. The first-order chi connectivity index (χ1) is 13.3. The van der Waals surface area contributed by atoms with Gasteiger partial charge >= 0.3 is 12.1 Å². The number of aryl methyl sites for hydroxylation is 1. The maximum Gasteiger partial charge on any atom is 0.416 e. The van der Waals surface area contributed by atoms with E-state index in [0.717, 1.165) is 34.7 Å². The molecule has 0 bridgehead atoms. The van der Waals surface area contributed by atoms with E-state index in [4.69, 9.17) is 4.74 Å². The van der Waals surface area contributed by atoms with Gasteiger partial charge in [-0.1, -0.05) is 30.3 Å². The van der Waals surface area contributed by atoms with E-state index in [1.807, 2.05) is 30.5 Å². The molecular formula is C21H18F3NO3. The standard InChI is InChI=1S/C21H18F3NO3/c22-21(23,24)16-7-3-5-14(11-16)19(26)13-28-20(27)10-4-6-15-12-25-18-9-2-1-8-17(15)18/h1-3,5,7-9,11-12,25H,4,6,10,13H2. The Hall–Kier alpha value is -3.09. The van der Waals surface area contributed by atoms with Gasteiger partial charge in [-0.3, -0.25) is 9.59 Å². The molecule has 0 aliphatic carbocycles. The number of halogens is 3. The number of esters is 1. The molecule has 0 fully saturated rings. The zero-order valence-corrected chi connectivity index (χ0v) is 14.9. The van der Waals surface area contributed by atoms with Crippen LogP contribution in [0, 0.1) is 0 Å². The Kier molecular flexibility index (Phi) is 5.82. The second-order valence-electron chi connectivity index (χ2n) is 6.38. The maximum absolute atomic E-state index is 12.7. The van der Waals surface area contributed by atoms with Crippen LogP contribution < -0.4 is 0 Å². The summed E-state index contributed by atoms with van der Waals surface area (Å²) in [6.45, 7) is -0.576. The van der Waals surface area contributed by atoms with Gasteiger partial charge in [-0.05, 0) is 36.6 Å². The summed E-state index contributed by atoms with van der Waals surface area (Å²) in [6, 6.07) is 11.9. The SMILES string of the molecule is O=C(CCCc1c[nH]c2ccccc12)OCC(=O)c1cccc(C(F)(F)F)c1. The minimum Gasteiger partial charge on any atom is -0.457 e. The highest BCUT2D eigenvalue weighted by Crippen LogP contribution is 2.29. The zero-order valence-electron chi connectivity index (χ0n) is 14.9. The number of ketones is 1. The van der Waals surface area contributed by atoms with Crippen LogP contribution in [0.25, 0.3) is 10.9 Å². The first-order valence-electron chi connectivity index (χ1n) is 8.75. The van der Waals surface area contributed by atoms with Crippen LogP contribution in [0.2, 0.25) is 0 Å². The minimum atomic E-state index is -4.53. The van der Waals surface area contributed by atoms with E-state index in [2.05, 4.69) is 4.98 Å². The summed E-state index contributed by atoms with van der Waals surface area (Å²) >= 11 is 0. The highest BCUT2D eigenvalue weighted by atomic mass is 19.4. The third-order valence-electron chi connectivity index (χ3n) is 4.38. The number of hydrogen-bond donors (Lipinski definition) is 1. The van der Waals surface area contributed by atoms with Crippen LogP contribution in [0.15, 0.2) is 54.7 Å². The highest BCUT2D eigenvalue weighted by Gasteiger charge is 2.30. The molecule has 3 rings (SSSR count). The number of rotatable bonds is 7. The summed E-state index contributed by atoms with van der Waals surface area (Å²) in [5.41, 5.74) is 1.06. The molecule has 0 unspecified atom stereocenters. The molecular weight excluding hydrogens is 371 g/mol. The van der Waals surface area contributed by atoms with Gasteiger partial charge in [0, 0.05) is 29.1 Å². The predicted molar refractivity (Wildman–Crippen MR) is 98.0 cm³/mol. The lowest BCUT2D eigenvalue weighted by molar-refractivity contribution is -0.142. The fourth-order valence-corrected chi connectivity index (χ4v) is 2.93. The van der Waals surface area contributed by atoms with Crippen molar-refractivity contribution < 1.29 is 27.5 Å². The molecule has 0 atom stereocenters. The molecule has 146 valence electrons. The van der Waals surface area contributed by atoms with E-state index in [-0.39, 0.29) is 12.0 Å². The number of para-hydroxylation sites is 1. The number of hydrogen-bond acceptors (Lipinski definition) is 3. The smallest absolute Gasteiger partial charge is 0.416 e. The molecule has 0 aliphatic heterocycles. The average Bonchev–Trinajstić information content (AvgIpc) is 3.09. The van der Waals surface area contributed by atoms with Crippen LogP contribution >= 0.6 is 0 Å². The van der Waals surface area contributed by atoms with Gasteiger partial charge in [0.2, 0.25) is 0 Å². The Morgan fingerprint density at radius 3 is 2.61 bits per heavy atom. The Bertz CT molecular complexity index is 992. The fourth-order valence-electron chi connectivity index (χ4n) is 2.93. The van der Waals surface area contributed by atoms with Gasteiger partial charge in [0.25, 0.3) is 0 Å². The number of fused-ring (bicyclic) bond motifs is 1. The largest absolute Gasteiger partial charge is 0.457 e. The van der Waals surface area contributed by atoms with Crippen molar-refractivity contribution in [3.8, 4) is 0 Å². The van der Waals surface area contributed by atoms with E-state index in [1.54, 1.807) is 0 Å². The van der Waals surface area contributed by atoms with E-state index >= 15 is 0 Å². The third kappa shape index (κ3) is 4.79. The van der Waals surface area contributed by atoms with Crippen molar-refractivity contribution in [3.05, 3.63) is 71.4 Å². The third-order valence-corrected chi connectivity index (χ3v) is 4.38. The second-order valence-corrected chi connectivity index (χ2v) is 6.38. The Morgan fingerprint density at radius 1 is 1.04 bits per heavy atom. The lowest BCUT2D eigenvalue weighted by Gasteiger charge is -2.08. The number of aromatic nitrogens is 1. The summed E-state index contributed by atoms with van der Waals surface area (Å²) < 4.78 is 43.0. The van der Waals surface area contributed by atoms with Gasteiger partial charge in [-0.15, -0.1) is 0 Å². The number of alkyl halides is 3. The first-order valence-corrected chi connectivity index (χ1v) is 8.75. The number of nitrogens with one attached hydrogen (secondary N) is 1. The monoisotopic (exact) mass is 389 g/mol. The summed E-state index contributed by atoms with van der Waals surface area (Å²) in [6.07, 6.45) is -1.31. The van der Waals surface area contributed by atoms with Crippen molar-refractivity contribution in [3.63, 3.8) is 0 Å². The Balaban J connectivity index is 1.47. The van der Waals surface area contributed by atoms with Crippen molar-refractivity contribution in [1.82, 2.24) is 4.98 Å². The van der Waals surface area contributed by atoms with Crippen molar-refractivity contribution in [2.75, 3.05) is 6.61 Å². The van der Waals surface area contributed by atoms with E-state index in [9.17, 15) is 22.8 Å². The number of ether oxygens (including phenoxy) is 1. The van der Waals surface area contributed by atoms with Gasteiger partial charge < -0.3 is 9.72 Å². The fraction of sp³-hybridized carbons (Fsp3) is 0.238. The molecule has 2 aromatic carbocycles. The van der Waals surface area contributed by atoms with Crippen LogP contribution in [0.1, 0.15) is 34.3 Å². The molecule has 0 amide bonds. The van der Waals surface area contributed by atoms with Crippen molar-refractivity contribution >= 4 is 22.7 Å². The van der Waals surface area contributed by atoms with Crippen LogP contribution in [0.5, 0.6) is 0 Å². The Labute approximate surface area is 159 Å².